The molecule has 4 heteroatoms. The van der Waals surface area contributed by atoms with Crippen LogP contribution in [-0.2, 0) is 0 Å². The van der Waals surface area contributed by atoms with Crippen molar-refractivity contribution in [3.63, 3.8) is 0 Å². The molecule has 0 aromatic rings. The van der Waals surface area contributed by atoms with Gasteiger partial charge >= 0.3 is 34.7 Å². The monoisotopic (exact) mass is 188 g/mol. The molecule has 0 aliphatic rings. The van der Waals surface area contributed by atoms with Gasteiger partial charge in [0.05, 0.1) is 0 Å². The molecule has 0 aliphatic carbocycles. The number of nitriles is 1. The molecule has 0 amide bonds. The van der Waals surface area contributed by atoms with Crippen LogP contribution in [0, 0.1) is 11.2 Å². The third kappa shape index (κ3) is 10.9. The Bertz CT molecular complexity index is 45.3. The first kappa shape index (κ1) is 9.56. The summed E-state index contributed by atoms with van der Waals surface area (Å²) in [6.45, 7) is 0. The number of halogens is 1. The summed E-state index contributed by atoms with van der Waals surface area (Å²) in [5.41, 5.74) is 0. The molecule has 0 heterocycles. The topological polar surface area (TPSA) is 23.8 Å². The van der Waals surface area contributed by atoms with E-state index in [1.165, 1.54) is 5.14 Å². The molecule has 0 saturated carbocycles. The van der Waals surface area contributed by atoms with Gasteiger partial charge in [-0.05, 0) is 0 Å². The molecular weight excluding hydrogens is 187 g/mol. The molecule has 0 atom stereocenters. The molecule has 0 rings (SSSR count). The molecule has 1 radical (unpaired) electrons. The number of rotatable bonds is 0. The quantitative estimate of drug-likeness (QED) is 0.308. The second-order valence-electron chi connectivity index (χ2n) is 0.238. The van der Waals surface area contributed by atoms with Crippen LogP contribution in [0.4, 0.5) is 0 Å². The third-order valence-electron chi connectivity index (χ3n) is 0.0488. The molecular formula is CHBINNa. The van der Waals surface area contributed by atoms with E-state index in [0.29, 0.717) is 0 Å². The Morgan fingerprint density at radius 1 is 2.00 bits per heavy atom. The van der Waals surface area contributed by atoms with Crippen LogP contribution in [0.5, 0.6) is 0 Å². The summed E-state index contributed by atoms with van der Waals surface area (Å²) < 4.78 is 0. The van der Waals surface area contributed by atoms with Gasteiger partial charge in [0.2, 0.25) is 0 Å². The number of hydrogen-bond acceptors (Lipinski definition) is 1. The van der Waals surface area contributed by atoms with Crippen LogP contribution in [0.1, 0.15) is 1.43 Å². The van der Waals surface area contributed by atoms with Gasteiger partial charge < -0.3 is 1.43 Å². The predicted octanol–water partition coefficient (Wildman–Crippen LogP) is -2.36. The smallest absolute Gasteiger partial charge is 1.00 e. The van der Waals surface area contributed by atoms with E-state index in [1.54, 1.807) is 5.97 Å². The minimum atomic E-state index is 0. The van der Waals surface area contributed by atoms with E-state index in [2.05, 4.69) is 0 Å². The van der Waals surface area contributed by atoms with Gasteiger partial charge in [0.15, 0.2) is 0 Å². The maximum atomic E-state index is 7.56. The van der Waals surface area contributed by atoms with Crippen LogP contribution in [-0.4, -0.2) is 5.14 Å². The standard InChI is InChI=1S/CBIN.Na.H/c3-2-1-4;;/q;+1;-1. The van der Waals surface area contributed by atoms with E-state index in [-0.39, 0.29) is 31.0 Å². The SMILES string of the molecule is N#C[B]I.[H-].[Na+]. The maximum absolute atomic E-state index is 7.56. The Labute approximate surface area is 69.0 Å². The first-order chi connectivity index (χ1) is 1.91. The van der Waals surface area contributed by atoms with Crippen molar-refractivity contribution in [3.05, 3.63) is 0 Å². The molecule has 0 aliphatic heterocycles. The fourth-order valence-corrected chi connectivity index (χ4v) is 0. The van der Waals surface area contributed by atoms with E-state index in [0.717, 1.165) is 0 Å². The summed E-state index contributed by atoms with van der Waals surface area (Å²) in [7, 11) is 0. The molecule has 0 unspecified atom stereocenters. The van der Waals surface area contributed by atoms with Crippen LogP contribution >= 0.6 is 22.4 Å². The molecule has 1 nitrogen and oxygen atoms in total. The summed E-state index contributed by atoms with van der Waals surface area (Å²) in [5.74, 6) is 1.79. The van der Waals surface area contributed by atoms with Gasteiger partial charge in [0.1, 0.15) is 0 Å². The minimum absolute atomic E-state index is 0. The van der Waals surface area contributed by atoms with Crippen LogP contribution in [0.15, 0.2) is 0 Å². The average molecular weight is 188 g/mol. The van der Waals surface area contributed by atoms with Crippen molar-refractivity contribution in [1.82, 2.24) is 0 Å². The summed E-state index contributed by atoms with van der Waals surface area (Å²) in [6, 6.07) is 0. The van der Waals surface area contributed by atoms with E-state index < -0.39 is 0 Å². The zero-order valence-electron chi connectivity index (χ0n) is 3.90. The van der Waals surface area contributed by atoms with Crippen LogP contribution in [0.3, 0.4) is 0 Å². The van der Waals surface area contributed by atoms with Crippen molar-refractivity contribution in [3.8, 4) is 5.97 Å². The zero-order chi connectivity index (χ0) is 3.41. The fraction of sp³-hybridized carbons (Fsp3) is 0. The van der Waals surface area contributed by atoms with Crippen LogP contribution in [0.2, 0.25) is 0 Å². The summed E-state index contributed by atoms with van der Waals surface area (Å²) in [5, 5.41) is 8.96. The van der Waals surface area contributed by atoms with Crippen molar-refractivity contribution in [2.75, 3.05) is 0 Å². The molecule has 0 aromatic carbocycles. The second-order valence-corrected chi connectivity index (χ2v) is 0.861. The van der Waals surface area contributed by atoms with Gasteiger partial charge in [-0.1, -0.05) is 0 Å². The number of nitrogens with zero attached hydrogens (tertiary/aromatic N) is 1. The first-order valence-corrected chi connectivity index (χ1v) is 1.98. The maximum Gasteiger partial charge on any atom is 1.00 e. The molecule has 0 saturated heterocycles. The van der Waals surface area contributed by atoms with Crippen LogP contribution in [0.25, 0.3) is 0 Å². The molecule has 21 valence electrons. The molecule has 0 fully saturated rings. The first-order valence-electron chi connectivity index (χ1n) is 0.730. The second kappa shape index (κ2) is 8.99. The summed E-state index contributed by atoms with van der Waals surface area (Å²) in [6.07, 6.45) is 0. The van der Waals surface area contributed by atoms with Gasteiger partial charge in [0.25, 0.3) is 0 Å². The van der Waals surface area contributed by atoms with Gasteiger partial charge in [-0.3, -0.25) is 0 Å². The fourth-order valence-electron chi connectivity index (χ4n) is 0. The van der Waals surface area contributed by atoms with Crippen molar-refractivity contribution in [1.29, 1.82) is 5.26 Å². The summed E-state index contributed by atoms with van der Waals surface area (Å²) in [4.78, 5) is 0. The van der Waals surface area contributed by atoms with E-state index >= 15 is 0 Å². The van der Waals surface area contributed by atoms with E-state index in [1.807, 2.05) is 22.4 Å². The molecule has 0 spiro atoms. The van der Waals surface area contributed by atoms with Crippen molar-refractivity contribution < 1.29 is 31.0 Å². The molecule has 0 aromatic heterocycles. The summed E-state index contributed by atoms with van der Waals surface area (Å²) >= 11 is 1.87. The molecule has 5 heavy (non-hydrogen) atoms. The van der Waals surface area contributed by atoms with Crippen molar-refractivity contribution in [2.45, 2.75) is 0 Å². The molecule has 0 N–H and O–H groups in total. The average Bonchev–Trinajstić information content (AvgIpc) is 1.37. The Balaban J connectivity index is -0.0000000450. The van der Waals surface area contributed by atoms with Gasteiger partial charge in [-0.25, -0.2) is 5.26 Å². The Kier molecular flexibility index (Phi) is 17.2. The van der Waals surface area contributed by atoms with Crippen LogP contribution < -0.4 is 29.6 Å². The zero-order valence-corrected chi connectivity index (χ0v) is 7.06. The third-order valence-corrected chi connectivity index (χ3v) is 0.327. The van der Waals surface area contributed by atoms with Gasteiger partial charge in [0, 0.05) is 5.97 Å². The van der Waals surface area contributed by atoms with E-state index in [4.69, 9.17) is 5.26 Å². The van der Waals surface area contributed by atoms with Gasteiger partial charge in [-0.15, -0.1) is 22.4 Å². The van der Waals surface area contributed by atoms with Gasteiger partial charge in [-0.2, -0.15) is 0 Å². The van der Waals surface area contributed by atoms with Crippen molar-refractivity contribution in [2.24, 2.45) is 0 Å². The predicted molar refractivity (Wildman–Crippen MR) is 26.5 cm³/mol. The van der Waals surface area contributed by atoms with E-state index in [9.17, 15) is 0 Å². The largest absolute Gasteiger partial charge is 1.00 e. The Morgan fingerprint density at radius 3 is 2.20 bits per heavy atom. The molecule has 0 bridgehead atoms. The Morgan fingerprint density at radius 2 is 2.20 bits per heavy atom. The number of hydrogen-bond donors (Lipinski definition) is 0. The normalized spacial score (nSPS) is 3.20. The van der Waals surface area contributed by atoms with Crippen molar-refractivity contribution >= 4 is 27.5 Å². The Hall–Kier alpha value is 1.28. The minimum Gasteiger partial charge on any atom is -1.00 e.